The Morgan fingerprint density at radius 1 is 1.26 bits per heavy atom. The van der Waals surface area contributed by atoms with Crippen molar-refractivity contribution in [3.05, 3.63) is 29.3 Å². The number of hydrogen-bond donors (Lipinski definition) is 2. The van der Waals surface area contributed by atoms with E-state index in [1.54, 1.807) is 6.07 Å². The molecule has 102 valence electrons. The van der Waals surface area contributed by atoms with E-state index in [0.29, 0.717) is 5.56 Å². The Bertz CT molecular complexity index is 500. The molecular weight excluding hydrogens is 242 g/mol. The zero-order chi connectivity index (χ0) is 13.6. The van der Waals surface area contributed by atoms with Gasteiger partial charge in [0.05, 0.1) is 17.4 Å². The summed E-state index contributed by atoms with van der Waals surface area (Å²) in [6.45, 7) is 1.98. The van der Waals surface area contributed by atoms with Gasteiger partial charge in [0.15, 0.2) is 0 Å². The van der Waals surface area contributed by atoms with Gasteiger partial charge in [0, 0.05) is 12.1 Å². The normalized spacial score (nSPS) is 29.6. The Hall–Kier alpha value is -1.55. The molecule has 2 N–H and O–H groups in total. The molecule has 2 atom stereocenters. The van der Waals surface area contributed by atoms with Gasteiger partial charge in [0.25, 0.3) is 0 Å². The van der Waals surface area contributed by atoms with Crippen LogP contribution in [0, 0.1) is 6.92 Å². The average molecular weight is 261 g/mol. The van der Waals surface area contributed by atoms with Crippen LogP contribution in [0.5, 0.6) is 0 Å². The van der Waals surface area contributed by atoms with Gasteiger partial charge in [-0.3, -0.25) is 0 Å². The fourth-order valence-electron chi connectivity index (χ4n) is 3.58. The maximum absolute atomic E-state index is 11.4. The third-order valence-electron chi connectivity index (χ3n) is 4.37. The van der Waals surface area contributed by atoms with Gasteiger partial charge in [-0.2, -0.15) is 0 Å². The lowest BCUT2D eigenvalue weighted by atomic mass is 9.97. The van der Waals surface area contributed by atoms with Crippen LogP contribution in [0.2, 0.25) is 0 Å². The molecule has 2 unspecified atom stereocenters. The summed E-state index contributed by atoms with van der Waals surface area (Å²) in [5.74, 6) is -0.875. The molecule has 4 heteroatoms. The van der Waals surface area contributed by atoms with E-state index in [0.717, 1.165) is 36.9 Å². The molecule has 0 radical (unpaired) electrons. The number of aromatic carboxylic acids is 1. The molecule has 0 amide bonds. The molecule has 2 aliphatic rings. The minimum Gasteiger partial charge on any atom is -0.478 e. The van der Waals surface area contributed by atoms with Crippen molar-refractivity contribution in [2.45, 2.75) is 50.8 Å². The van der Waals surface area contributed by atoms with Crippen molar-refractivity contribution >= 4 is 11.7 Å². The highest BCUT2D eigenvalue weighted by molar-refractivity contribution is 5.95. The Labute approximate surface area is 112 Å². The van der Waals surface area contributed by atoms with Crippen LogP contribution in [0.25, 0.3) is 0 Å². The predicted octanol–water partition coefficient (Wildman–Crippen LogP) is 2.19. The Kier molecular flexibility index (Phi) is 2.97. The second-order valence-electron chi connectivity index (χ2n) is 5.74. The smallest absolute Gasteiger partial charge is 0.337 e. The summed E-state index contributed by atoms with van der Waals surface area (Å²) in [4.78, 5) is 13.6. The van der Waals surface area contributed by atoms with Crippen molar-refractivity contribution < 1.29 is 15.0 Å². The van der Waals surface area contributed by atoms with E-state index in [2.05, 4.69) is 4.90 Å². The van der Waals surface area contributed by atoms with Crippen LogP contribution in [0.3, 0.4) is 0 Å². The third-order valence-corrected chi connectivity index (χ3v) is 4.37. The van der Waals surface area contributed by atoms with Crippen LogP contribution in [0.1, 0.15) is 41.6 Å². The van der Waals surface area contributed by atoms with Crippen LogP contribution in [0.4, 0.5) is 5.69 Å². The van der Waals surface area contributed by atoms with E-state index in [-0.39, 0.29) is 18.2 Å². The monoisotopic (exact) mass is 261 g/mol. The fraction of sp³-hybridized carbons (Fsp3) is 0.533. The molecular formula is C15H19NO3. The highest BCUT2D eigenvalue weighted by Gasteiger charge is 2.41. The standard InChI is InChI=1S/C15H19NO3/c1-9-2-5-13(15(18)19)14(6-9)16-10-3-4-11(16)8-12(17)7-10/h2,5-6,10-12,17H,3-4,7-8H2,1H3,(H,18,19). The maximum atomic E-state index is 11.4. The highest BCUT2D eigenvalue weighted by atomic mass is 16.4. The Morgan fingerprint density at radius 3 is 2.47 bits per heavy atom. The van der Waals surface area contributed by atoms with Crippen molar-refractivity contribution in [1.82, 2.24) is 0 Å². The topological polar surface area (TPSA) is 60.8 Å². The number of aliphatic hydroxyl groups excluding tert-OH is 1. The first-order valence-electron chi connectivity index (χ1n) is 6.86. The lowest BCUT2D eigenvalue weighted by Crippen LogP contribution is -2.45. The summed E-state index contributed by atoms with van der Waals surface area (Å²) in [5.41, 5.74) is 2.27. The van der Waals surface area contributed by atoms with Crippen molar-refractivity contribution in [2.75, 3.05) is 4.90 Å². The lowest BCUT2D eigenvalue weighted by molar-refractivity contribution is 0.0697. The van der Waals surface area contributed by atoms with Crippen LogP contribution in [-0.4, -0.2) is 34.4 Å². The molecule has 0 aromatic heterocycles. The van der Waals surface area contributed by atoms with Gasteiger partial charge in [-0.1, -0.05) is 6.07 Å². The Balaban J connectivity index is 2.03. The number of anilines is 1. The molecule has 1 aromatic carbocycles. The van der Waals surface area contributed by atoms with Crippen molar-refractivity contribution in [3.63, 3.8) is 0 Å². The lowest BCUT2D eigenvalue weighted by Gasteiger charge is -2.39. The van der Waals surface area contributed by atoms with Gasteiger partial charge in [0.1, 0.15) is 0 Å². The molecule has 0 saturated carbocycles. The number of aliphatic hydroxyl groups is 1. The number of carboxylic acids is 1. The zero-order valence-electron chi connectivity index (χ0n) is 11.0. The summed E-state index contributed by atoms with van der Waals surface area (Å²) < 4.78 is 0. The van der Waals surface area contributed by atoms with E-state index in [1.165, 1.54) is 0 Å². The van der Waals surface area contributed by atoms with Gasteiger partial charge < -0.3 is 15.1 Å². The van der Waals surface area contributed by atoms with Crippen LogP contribution >= 0.6 is 0 Å². The molecule has 1 aromatic rings. The van der Waals surface area contributed by atoms with Gasteiger partial charge >= 0.3 is 5.97 Å². The second-order valence-corrected chi connectivity index (χ2v) is 5.74. The molecule has 0 spiro atoms. The molecule has 2 fully saturated rings. The van der Waals surface area contributed by atoms with Crippen molar-refractivity contribution in [1.29, 1.82) is 0 Å². The first kappa shape index (κ1) is 12.5. The summed E-state index contributed by atoms with van der Waals surface area (Å²) in [6, 6.07) is 6.07. The minimum atomic E-state index is -0.875. The zero-order valence-corrected chi connectivity index (χ0v) is 11.0. The number of benzene rings is 1. The Morgan fingerprint density at radius 2 is 1.89 bits per heavy atom. The molecule has 2 saturated heterocycles. The molecule has 2 bridgehead atoms. The number of piperidine rings is 1. The predicted molar refractivity (Wildman–Crippen MR) is 72.7 cm³/mol. The molecule has 2 heterocycles. The third kappa shape index (κ3) is 2.10. The molecule has 0 aliphatic carbocycles. The van der Waals surface area contributed by atoms with Gasteiger partial charge in [-0.25, -0.2) is 4.79 Å². The van der Waals surface area contributed by atoms with E-state index in [4.69, 9.17) is 0 Å². The number of fused-ring (bicyclic) bond motifs is 2. The SMILES string of the molecule is Cc1ccc(C(=O)O)c(N2C3CCC2CC(O)C3)c1. The van der Waals surface area contributed by atoms with Crippen LogP contribution in [-0.2, 0) is 0 Å². The molecule has 3 rings (SSSR count). The molecule has 19 heavy (non-hydrogen) atoms. The first-order chi connectivity index (χ1) is 9.06. The largest absolute Gasteiger partial charge is 0.478 e. The summed E-state index contributed by atoms with van der Waals surface area (Å²) in [6.07, 6.45) is 3.38. The second kappa shape index (κ2) is 4.53. The minimum absolute atomic E-state index is 0.230. The maximum Gasteiger partial charge on any atom is 0.337 e. The highest BCUT2D eigenvalue weighted by Crippen LogP contribution is 2.40. The number of hydrogen-bond acceptors (Lipinski definition) is 3. The van der Waals surface area contributed by atoms with Crippen molar-refractivity contribution in [3.8, 4) is 0 Å². The van der Waals surface area contributed by atoms with E-state index in [9.17, 15) is 15.0 Å². The molecule has 4 nitrogen and oxygen atoms in total. The number of carbonyl (C=O) groups is 1. The van der Waals surface area contributed by atoms with Gasteiger partial charge in [0.2, 0.25) is 0 Å². The number of rotatable bonds is 2. The van der Waals surface area contributed by atoms with Crippen LogP contribution in [0.15, 0.2) is 18.2 Å². The van der Waals surface area contributed by atoms with E-state index < -0.39 is 5.97 Å². The number of aryl methyl sites for hydroxylation is 1. The van der Waals surface area contributed by atoms with Crippen molar-refractivity contribution in [2.24, 2.45) is 0 Å². The van der Waals surface area contributed by atoms with E-state index >= 15 is 0 Å². The fourth-order valence-corrected chi connectivity index (χ4v) is 3.58. The summed E-state index contributed by atoms with van der Waals surface area (Å²) in [5, 5.41) is 19.2. The average Bonchev–Trinajstić information content (AvgIpc) is 2.61. The van der Waals surface area contributed by atoms with Crippen LogP contribution < -0.4 is 4.90 Å². The number of nitrogens with zero attached hydrogens (tertiary/aromatic N) is 1. The quantitative estimate of drug-likeness (QED) is 0.856. The summed E-state index contributed by atoms with van der Waals surface area (Å²) in [7, 11) is 0. The molecule has 2 aliphatic heterocycles. The first-order valence-corrected chi connectivity index (χ1v) is 6.86. The van der Waals surface area contributed by atoms with Gasteiger partial charge in [-0.05, 0) is 50.3 Å². The van der Waals surface area contributed by atoms with Gasteiger partial charge in [-0.15, -0.1) is 0 Å². The number of carboxylic acid groups (broad SMARTS) is 1. The summed E-state index contributed by atoms with van der Waals surface area (Å²) >= 11 is 0. The van der Waals surface area contributed by atoms with E-state index in [1.807, 2.05) is 19.1 Å².